The van der Waals surface area contributed by atoms with Crippen LogP contribution in [0.2, 0.25) is 0 Å². The van der Waals surface area contributed by atoms with Crippen LogP contribution < -0.4 is 11.3 Å². The van der Waals surface area contributed by atoms with Crippen molar-refractivity contribution < 1.29 is 9.47 Å². The Morgan fingerprint density at radius 2 is 2.46 bits per heavy atom. The van der Waals surface area contributed by atoms with Gasteiger partial charge < -0.3 is 9.47 Å². The number of hydrogen-bond donors (Lipinski definition) is 2. The van der Waals surface area contributed by atoms with E-state index in [0.717, 1.165) is 19.4 Å². The van der Waals surface area contributed by atoms with E-state index < -0.39 is 0 Å². The summed E-state index contributed by atoms with van der Waals surface area (Å²) in [7, 11) is 1.68. The molecule has 2 atom stereocenters. The third-order valence-electron chi connectivity index (χ3n) is 2.38. The van der Waals surface area contributed by atoms with Gasteiger partial charge in [0.1, 0.15) is 0 Å². The maximum Gasteiger partial charge on any atom is 0.0876 e. The van der Waals surface area contributed by atoms with Gasteiger partial charge in [0.25, 0.3) is 0 Å². The molecule has 0 saturated heterocycles. The molecule has 76 valence electrons. The van der Waals surface area contributed by atoms with E-state index in [2.05, 4.69) is 5.43 Å². The number of hydrogen-bond acceptors (Lipinski definition) is 4. The second kappa shape index (κ2) is 5.21. The molecule has 0 aromatic rings. The van der Waals surface area contributed by atoms with Gasteiger partial charge in [0, 0.05) is 7.11 Å². The minimum absolute atomic E-state index is 0.0605. The third kappa shape index (κ3) is 2.69. The second-order valence-corrected chi connectivity index (χ2v) is 3.25. The first kappa shape index (κ1) is 10.5. The first-order valence-corrected chi connectivity index (χ1v) is 4.59. The molecule has 0 spiro atoms. The molecule has 1 heterocycles. The molecule has 0 amide bonds. The number of nitrogens with one attached hydrogen (secondary N) is 1. The number of nitrogens with two attached hydrogens (primary N) is 1. The molecule has 0 radical (unpaired) electrons. The summed E-state index contributed by atoms with van der Waals surface area (Å²) >= 11 is 0. The minimum Gasteiger partial charge on any atom is -0.501 e. The summed E-state index contributed by atoms with van der Waals surface area (Å²) in [6.07, 6.45) is 3.95. The first-order valence-electron chi connectivity index (χ1n) is 4.59. The van der Waals surface area contributed by atoms with Crippen molar-refractivity contribution in [3.05, 3.63) is 11.8 Å². The molecule has 0 aromatic carbocycles. The van der Waals surface area contributed by atoms with Crippen molar-refractivity contribution in [2.24, 2.45) is 5.84 Å². The van der Waals surface area contributed by atoms with Crippen molar-refractivity contribution >= 4 is 0 Å². The Hall–Kier alpha value is -0.580. The van der Waals surface area contributed by atoms with Crippen LogP contribution in [0, 0.1) is 0 Å². The largest absolute Gasteiger partial charge is 0.501 e. The van der Waals surface area contributed by atoms with Crippen molar-refractivity contribution in [1.29, 1.82) is 0 Å². The number of hydrazine groups is 1. The predicted octanol–water partition coefficient (Wildman–Crippen LogP) is 0.547. The second-order valence-electron chi connectivity index (χ2n) is 3.25. The molecular formula is C9H18N2O2. The lowest BCUT2D eigenvalue weighted by Gasteiger charge is -2.26. The molecule has 1 aliphatic heterocycles. The average molecular weight is 186 g/mol. The van der Waals surface area contributed by atoms with Gasteiger partial charge in [-0.3, -0.25) is 11.3 Å². The van der Waals surface area contributed by atoms with E-state index in [0.29, 0.717) is 0 Å². The van der Waals surface area contributed by atoms with Gasteiger partial charge in [0.05, 0.1) is 25.0 Å². The predicted molar refractivity (Wildman–Crippen MR) is 50.9 cm³/mol. The zero-order valence-corrected chi connectivity index (χ0v) is 8.25. The first-order chi connectivity index (χ1) is 6.29. The van der Waals surface area contributed by atoms with Crippen LogP contribution in [0.4, 0.5) is 0 Å². The molecule has 0 aliphatic carbocycles. The van der Waals surface area contributed by atoms with Crippen LogP contribution >= 0.6 is 0 Å². The normalized spacial score (nSPS) is 21.6. The summed E-state index contributed by atoms with van der Waals surface area (Å²) in [6, 6.07) is 0.0605. The molecule has 0 saturated carbocycles. The van der Waals surface area contributed by atoms with Crippen LogP contribution in [0.25, 0.3) is 0 Å². The van der Waals surface area contributed by atoms with Gasteiger partial charge in [-0.05, 0) is 25.3 Å². The number of methoxy groups -OCH3 is 1. The van der Waals surface area contributed by atoms with E-state index in [-0.39, 0.29) is 12.1 Å². The lowest BCUT2D eigenvalue weighted by Crippen LogP contribution is -2.45. The topological polar surface area (TPSA) is 56.5 Å². The molecule has 2 unspecified atom stereocenters. The summed E-state index contributed by atoms with van der Waals surface area (Å²) in [4.78, 5) is 0. The monoisotopic (exact) mass is 186 g/mol. The summed E-state index contributed by atoms with van der Waals surface area (Å²) in [5.41, 5.74) is 3.93. The Labute approximate surface area is 79.1 Å². The molecule has 0 aromatic heterocycles. The van der Waals surface area contributed by atoms with Crippen molar-refractivity contribution in [2.45, 2.75) is 31.9 Å². The highest BCUT2D eigenvalue weighted by Gasteiger charge is 2.21. The molecule has 0 bridgehead atoms. The Balaban J connectivity index is 2.58. The molecule has 4 nitrogen and oxygen atoms in total. The smallest absolute Gasteiger partial charge is 0.0876 e. The van der Waals surface area contributed by atoms with Gasteiger partial charge >= 0.3 is 0 Å². The van der Waals surface area contributed by atoms with Gasteiger partial charge in [-0.25, -0.2) is 0 Å². The fourth-order valence-electron chi connectivity index (χ4n) is 1.49. The van der Waals surface area contributed by atoms with Crippen LogP contribution in [0.1, 0.15) is 19.8 Å². The Bertz CT molecular complexity index is 182. The van der Waals surface area contributed by atoms with Gasteiger partial charge in [-0.2, -0.15) is 0 Å². The van der Waals surface area contributed by atoms with E-state index in [1.807, 2.05) is 6.92 Å². The van der Waals surface area contributed by atoms with Crippen LogP contribution in [0.5, 0.6) is 0 Å². The highest BCUT2D eigenvalue weighted by molar-refractivity contribution is 5.11. The van der Waals surface area contributed by atoms with E-state index >= 15 is 0 Å². The van der Waals surface area contributed by atoms with E-state index in [9.17, 15) is 0 Å². The minimum atomic E-state index is 0.0605. The lowest BCUT2D eigenvalue weighted by molar-refractivity contribution is 0.0886. The molecule has 1 rings (SSSR count). The summed E-state index contributed by atoms with van der Waals surface area (Å²) < 4.78 is 10.5. The van der Waals surface area contributed by atoms with E-state index in [1.165, 1.54) is 5.57 Å². The maximum atomic E-state index is 5.45. The summed E-state index contributed by atoms with van der Waals surface area (Å²) in [6.45, 7) is 2.79. The van der Waals surface area contributed by atoms with Gasteiger partial charge in [0.2, 0.25) is 0 Å². The van der Waals surface area contributed by atoms with Crippen molar-refractivity contribution in [2.75, 3.05) is 13.7 Å². The van der Waals surface area contributed by atoms with Gasteiger partial charge in [-0.15, -0.1) is 0 Å². The van der Waals surface area contributed by atoms with E-state index in [1.54, 1.807) is 13.4 Å². The molecule has 1 aliphatic rings. The fraction of sp³-hybridized carbons (Fsp3) is 0.778. The molecule has 3 N–H and O–H groups in total. The van der Waals surface area contributed by atoms with Crippen LogP contribution in [-0.2, 0) is 9.47 Å². The zero-order valence-electron chi connectivity index (χ0n) is 8.25. The molecular weight excluding hydrogens is 168 g/mol. The zero-order chi connectivity index (χ0) is 9.68. The number of rotatable bonds is 4. The van der Waals surface area contributed by atoms with Crippen LogP contribution in [0.15, 0.2) is 11.8 Å². The quantitative estimate of drug-likeness (QED) is 0.497. The van der Waals surface area contributed by atoms with Crippen molar-refractivity contribution in [3.63, 3.8) is 0 Å². The van der Waals surface area contributed by atoms with Crippen LogP contribution in [-0.4, -0.2) is 25.9 Å². The average Bonchev–Trinajstić information content (AvgIpc) is 2.20. The third-order valence-corrected chi connectivity index (χ3v) is 2.38. The van der Waals surface area contributed by atoms with Gasteiger partial charge in [0.15, 0.2) is 0 Å². The summed E-state index contributed by atoms with van der Waals surface area (Å²) in [5, 5.41) is 0. The fourth-order valence-corrected chi connectivity index (χ4v) is 1.49. The Morgan fingerprint density at radius 1 is 1.69 bits per heavy atom. The number of ether oxygens (including phenoxy) is 2. The van der Waals surface area contributed by atoms with Crippen molar-refractivity contribution in [3.8, 4) is 0 Å². The maximum absolute atomic E-state index is 5.45. The highest BCUT2D eigenvalue weighted by atomic mass is 16.5. The highest BCUT2D eigenvalue weighted by Crippen LogP contribution is 2.18. The molecule has 13 heavy (non-hydrogen) atoms. The van der Waals surface area contributed by atoms with E-state index in [4.69, 9.17) is 15.3 Å². The standard InChI is InChI=1S/C9H18N2O2/c1-7(12-2)9(11-10)8-4-3-5-13-6-8/h6-7,9,11H,3-5,10H2,1-2H3. The van der Waals surface area contributed by atoms with Gasteiger partial charge in [-0.1, -0.05) is 0 Å². The lowest BCUT2D eigenvalue weighted by atomic mass is 9.99. The Kier molecular flexibility index (Phi) is 4.21. The SMILES string of the molecule is COC(C)C(NN)C1=COCCC1. The molecule has 4 heteroatoms. The van der Waals surface area contributed by atoms with Crippen molar-refractivity contribution in [1.82, 2.24) is 5.43 Å². The summed E-state index contributed by atoms with van der Waals surface area (Å²) in [5.74, 6) is 5.45. The Morgan fingerprint density at radius 3 is 2.92 bits per heavy atom. The van der Waals surface area contributed by atoms with Crippen LogP contribution in [0.3, 0.4) is 0 Å². The molecule has 0 fully saturated rings.